The Hall–Kier alpha value is -0.0400. The van der Waals surface area contributed by atoms with Crippen LogP contribution in [0, 0.1) is 11.8 Å². The van der Waals surface area contributed by atoms with Crippen molar-refractivity contribution in [3.05, 3.63) is 0 Å². The summed E-state index contributed by atoms with van der Waals surface area (Å²) in [5.41, 5.74) is 0. The van der Waals surface area contributed by atoms with E-state index < -0.39 is 0 Å². The van der Waals surface area contributed by atoms with Crippen LogP contribution in [-0.4, -0.2) is 30.2 Å². The van der Waals surface area contributed by atoms with Gasteiger partial charge < -0.3 is 4.48 Å². The third-order valence-corrected chi connectivity index (χ3v) is 5.51. The van der Waals surface area contributed by atoms with Gasteiger partial charge in [-0.05, 0) is 44.9 Å². The number of quaternary nitrogens is 1. The topological polar surface area (TPSA) is 0 Å². The Labute approximate surface area is 95.4 Å². The molecule has 0 bridgehead atoms. The molecule has 0 N–H and O–H groups in total. The summed E-state index contributed by atoms with van der Waals surface area (Å²) in [6.07, 6.45) is 7.38. The van der Waals surface area contributed by atoms with Crippen LogP contribution in [0.2, 0.25) is 0 Å². The fraction of sp³-hybridized carbons (Fsp3) is 1.00. The first-order valence-electron chi connectivity index (χ1n) is 7.01. The average Bonchev–Trinajstić information content (AvgIpc) is 2.48. The van der Waals surface area contributed by atoms with Crippen molar-refractivity contribution in [2.75, 3.05) is 19.6 Å². The fourth-order valence-electron chi connectivity index (χ4n) is 3.85. The van der Waals surface area contributed by atoms with Crippen molar-refractivity contribution in [3.63, 3.8) is 0 Å². The third-order valence-electron chi connectivity index (χ3n) is 5.51. The molecule has 0 aliphatic carbocycles. The molecule has 88 valence electrons. The van der Waals surface area contributed by atoms with Crippen LogP contribution in [0.3, 0.4) is 0 Å². The second-order valence-electron chi connectivity index (χ2n) is 6.17. The first-order chi connectivity index (χ1) is 7.16. The van der Waals surface area contributed by atoms with Crippen molar-refractivity contribution < 1.29 is 4.48 Å². The van der Waals surface area contributed by atoms with Crippen molar-refractivity contribution in [1.82, 2.24) is 0 Å². The maximum atomic E-state index is 2.52. The van der Waals surface area contributed by atoms with Gasteiger partial charge in [-0.2, -0.15) is 0 Å². The molecule has 1 heteroatoms. The van der Waals surface area contributed by atoms with Crippen LogP contribution >= 0.6 is 0 Å². The Bertz CT molecular complexity index is 203. The summed E-state index contributed by atoms with van der Waals surface area (Å²) in [6, 6.07) is 0.909. The Balaban J connectivity index is 2.11. The Kier molecular flexibility index (Phi) is 3.39. The summed E-state index contributed by atoms with van der Waals surface area (Å²) >= 11 is 0. The molecule has 1 spiro atoms. The van der Waals surface area contributed by atoms with E-state index in [2.05, 4.69) is 20.8 Å². The molecule has 1 nitrogen and oxygen atoms in total. The van der Waals surface area contributed by atoms with Gasteiger partial charge >= 0.3 is 0 Å². The van der Waals surface area contributed by atoms with Gasteiger partial charge in [-0.25, -0.2) is 0 Å². The molecule has 15 heavy (non-hydrogen) atoms. The summed E-state index contributed by atoms with van der Waals surface area (Å²) in [5, 5.41) is 0. The minimum atomic E-state index is 0.909. The molecule has 3 unspecified atom stereocenters. The van der Waals surface area contributed by atoms with E-state index in [0.717, 1.165) is 17.9 Å². The van der Waals surface area contributed by atoms with Crippen molar-refractivity contribution in [2.24, 2.45) is 11.8 Å². The van der Waals surface area contributed by atoms with Gasteiger partial charge in [0.15, 0.2) is 0 Å². The van der Waals surface area contributed by atoms with Crippen LogP contribution in [0.1, 0.15) is 52.9 Å². The highest BCUT2D eigenvalue weighted by Gasteiger charge is 2.42. The Morgan fingerprint density at radius 3 is 2.00 bits per heavy atom. The zero-order valence-electron chi connectivity index (χ0n) is 10.8. The van der Waals surface area contributed by atoms with Crippen LogP contribution in [0.25, 0.3) is 0 Å². The summed E-state index contributed by atoms with van der Waals surface area (Å²) in [4.78, 5) is 0. The van der Waals surface area contributed by atoms with E-state index in [1.54, 1.807) is 0 Å². The molecule has 0 amide bonds. The zero-order valence-corrected chi connectivity index (χ0v) is 10.8. The lowest BCUT2D eigenvalue weighted by Crippen LogP contribution is -2.61. The average molecular weight is 210 g/mol. The lowest BCUT2D eigenvalue weighted by molar-refractivity contribution is -0.958. The van der Waals surface area contributed by atoms with Crippen LogP contribution in [-0.2, 0) is 0 Å². The monoisotopic (exact) mass is 210 g/mol. The molecule has 2 fully saturated rings. The lowest BCUT2D eigenvalue weighted by Gasteiger charge is -2.51. The van der Waals surface area contributed by atoms with Crippen molar-refractivity contribution >= 4 is 0 Å². The first kappa shape index (κ1) is 11.4. The van der Waals surface area contributed by atoms with Gasteiger partial charge in [-0.15, -0.1) is 0 Å². The highest BCUT2D eigenvalue weighted by Crippen LogP contribution is 2.36. The van der Waals surface area contributed by atoms with Gasteiger partial charge in [0.25, 0.3) is 0 Å². The van der Waals surface area contributed by atoms with E-state index in [1.165, 1.54) is 56.2 Å². The van der Waals surface area contributed by atoms with Crippen LogP contribution < -0.4 is 0 Å². The molecule has 2 heterocycles. The molecular formula is C14H28N+. The summed E-state index contributed by atoms with van der Waals surface area (Å²) in [7, 11) is 0. The normalized spacial score (nSPS) is 41.4. The second-order valence-corrected chi connectivity index (χ2v) is 6.17. The minimum absolute atomic E-state index is 0.909. The van der Waals surface area contributed by atoms with Crippen molar-refractivity contribution in [3.8, 4) is 0 Å². The SMILES string of the molecule is CC1CC[N+]2(CCCCCC2)C(C)C1C. The minimum Gasteiger partial charge on any atom is -0.321 e. The number of hydrogen-bond donors (Lipinski definition) is 0. The van der Waals surface area contributed by atoms with Gasteiger partial charge in [0.1, 0.15) is 0 Å². The molecule has 2 saturated heterocycles. The largest absolute Gasteiger partial charge is 0.321 e. The third kappa shape index (κ3) is 2.08. The van der Waals surface area contributed by atoms with E-state index in [0.29, 0.717) is 0 Å². The Morgan fingerprint density at radius 1 is 0.800 bits per heavy atom. The van der Waals surface area contributed by atoms with Gasteiger partial charge in [-0.1, -0.05) is 13.8 Å². The molecule has 2 rings (SSSR count). The van der Waals surface area contributed by atoms with Crippen LogP contribution in [0.5, 0.6) is 0 Å². The smallest absolute Gasteiger partial charge is 0.0890 e. The van der Waals surface area contributed by atoms with E-state index in [-0.39, 0.29) is 0 Å². The highest BCUT2D eigenvalue weighted by molar-refractivity contribution is 4.76. The predicted octanol–water partition coefficient (Wildman–Crippen LogP) is 3.44. The molecule has 0 aromatic carbocycles. The molecule has 2 aliphatic rings. The number of hydrogen-bond acceptors (Lipinski definition) is 0. The summed E-state index contributed by atoms with van der Waals surface area (Å²) < 4.78 is 1.46. The van der Waals surface area contributed by atoms with Gasteiger partial charge in [0.2, 0.25) is 0 Å². The lowest BCUT2D eigenvalue weighted by atomic mass is 9.80. The molecule has 0 radical (unpaired) electrons. The quantitative estimate of drug-likeness (QED) is 0.537. The maximum Gasteiger partial charge on any atom is 0.0890 e. The molecule has 2 aliphatic heterocycles. The maximum absolute atomic E-state index is 2.52. The summed E-state index contributed by atoms with van der Waals surface area (Å²) in [5.74, 6) is 1.88. The molecular weight excluding hydrogens is 182 g/mol. The molecule has 0 saturated carbocycles. The molecule has 0 aromatic heterocycles. The van der Waals surface area contributed by atoms with E-state index in [4.69, 9.17) is 0 Å². The van der Waals surface area contributed by atoms with Crippen LogP contribution in [0.15, 0.2) is 0 Å². The fourth-order valence-corrected chi connectivity index (χ4v) is 3.85. The number of nitrogens with zero attached hydrogens (tertiary/aromatic N) is 1. The predicted molar refractivity (Wildman–Crippen MR) is 65.7 cm³/mol. The van der Waals surface area contributed by atoms with Gasteiger partial charge in [0.05, 0.1) is 25.7 Å². The highest BCUT2D eigenvalue weighted by atomic mass is 15.4. The van der Waals surface area contributed by atoms with Gasteiger partial charge in [-0.3, -0.25) is 0 Å². The number of piperidine rings is 1. The van der Waals surface area contributed by atoms with Crippen molar-refractivity contribution in [2.45, 2.75) is 58.9 Å². The number of rotatable bonds is 0. The van der Waals surface area contributed by atoms with Gasteiger partial charge in [0, 0.05) is 5.92 Å². The standard InChI is InChI=1S/C14H28N/c1-12-8-11-15(14(3)13(12)2)9-6-4-5-7-10-15/h12-14H,4-11H2,1-3H3/q+1. The van der Waals surface area contributed by atoms with Crippen LogP contribution in [0.4, 0.5) is 0 Å². The Morgan fingerprint density at radius 2 is 1.40 bits per heavy atom. The van der Waals surface area contributed by atoms with E-state index in [1.807, 2.05) is 0 Å². The second kappa shape index (κ2) is 4.45. The molecule has 3 atom stereocenters. The molecule has 0 aromatic rings. The summed E-state index contributed by atoms with van der Waals surface area (Å²) in [6.45, 7) is 11.9. The first-order valence-corrected chi connectivity index (χ1v) is 7.01. The van der Waals surface area contributed by atoms with Crippen molar-refractivity contribution in [1.29, 1.82) is 0 Å². The van der Waals surface area contributed by atoms with E-state index >= 15 is 0 Å². The van der Waals surface area contributed by atoms with E-state index in [9.17, 15) is 0 Å². The zero-order chi connectivity index (χ0) is 10.9.